The van der Waals surface area contributed by atoms with Gasteiger partial charge in [-0.25, -0.2) is 4.79 Å². The van der Waals surface area contributed by atoms with Gasteiger partial charge in [0.15, 0.2) is 0 Å². The Labute approximate surface area is 118 Å². The zero-order chi connectivity index (χ0) is 13.8. The zero-order valence-electron chi connectivity index (χ0n) is 9.84. The lowest BCUT2D eigenvalue weighted by Crippen LogP contribution is -2.18. The number of nitrogens with zero attached hydrogens (tertiary/aromatic N) is 1. The standard InChI is InChI=1S/C13H11BrN2O3/c14-10-3-1-2-4-11(10)15-12(17)8-16-6-5-9(7-16)13(18)19/h1-7H,8H2,(H,15,17)(H,18,19). The first-order valence-corrected chi connectivity index (χ1v) is 6.29. The number of hydrogen-bond donors (Lipinski definition) is 2. The van der Waals surface area contributed by atoms with E-state index in [2.05, 4.69) is 21.2 Å². The molecule has 1 aromatic carbocycles. The molecule has 0 unspecified atom stereocenters. The maximum atomic E-state index is 11.8. The Morgan fingerprint density at radius 2 is 2.00 bits per heavy atom. The number of carbonyl (C=O) groups is 2. The second-order valence-electron chi connectivity index (χ2n) is 3.91. The van der Waals surface area contributed by atoms with Crippen molar-refractivity contribution in [2.75, 3.05) is 5.32 Å². The van der Waals surface area contributed by atoms with Crippen molar-refractivity contribution < 1.29 is 14.7 Å². The lowest BCUT2D eigenvalue weighted by atomic mass is 10.3. The SMILES string of the molecule is O=C(Cn1ccc(C(=O)O)c1)Nc1ccccc1Br. The maximum Gasteiger partial charge on any atom is 0.337 e. The first-order chi connectivity index (χ1) is 9.06. The number of aromatic carboxylic acids is 1. The molecule has 1 heterocycles. The first kappa shape index (κ1) is 13.4. The van der Waals surface area contributed by atoms with Crippen LogP contribution in [0.15, 0.2) is 47.2 Å². The van der Waals surface area contributed by atoms with E-state index < -0.39 is 5.97 Å². The molecule has 0 saturated heterocycles. The summed E-state index contributed by atoms with van der Waals surface area (Å²) in [4.78, 5) is 22.5. The number of aromatic nitrogens is 1. The Bertz CT molecular complexity index is 622. The van der Waals surface area contributed by atoms with Crippen molar-refractivity contribution in [3.63, 3.8) is 0 Å². The molecule has 0 atom stereocenters. The van der Waals surface area contributed by atoms with Crippen LogP contribution >= 0.6 is 15.9 Å². The molecular weight excluding hydrogens is 312 g/mol. The van der Waals surface area contributed by atoms with E-state index in [1.54, 1.807) is 12.3 Å². The van der Waals surface area contributed by atoms with Gasteiger partial charge in [0.05, 0.1) is 11.3 Å². The summed E-state index contributed by atoms with van der Waals surface area (Å²) in [7, 11) is 0. The van der Waals surface area contributed by atoms with Gasteiger partial charge in [-0.1, -0.05) is 12.1 Å². The molecule has 0 spiro atoms. The van der Waals surface area contributed by atoms with Crippen molar-refractivity contribution in [1.29, 1.82) is 0 Å². The highest BCUT2D eigenvalue weighted by Gasteiger charge is 2.08. The van der Waals surface area contributed by atoms with Crippen LogP contribution in [0.5, 0.6) is 0 Å². The van der Waals surface area contributed by atoms with Gasteiger partial charge in [0.25, 0.3) is 0 Å². The molecule has 0 aliphatic carbocycles. The van der Waals surface area contributed by atoms with E-state index in [0.29, 0.717) is 5.69 Å². The fourth-order valence-corrected chi connectivity index (χ4v) is 1.97. The molecule has 0 saturated carbocycles. The lowest BCUT2D eigenvalue weighted by Gasteiger charge is -2.07. The smallest absolute Gasteiger partial charge is 0.337 e. The molecule has 0 radical (unpaired) electrons. The summed E-state index contributed by atoms with van der Waals surface area (Å²) in [5, 5.41) is 11.5. The van der Waals surface area contributed by atoms with Crippen LogP contribution < -0.4 is 5.32 Å². The molecule has 0 aliphatic heterocycles. The van der Waals surface area contributed by atoms with Crippen molar-refractivity contribution in [2.45, 2.75) is 6.54 Å². The van der Waals surface area contributed by atoms with E-state index in [1.165, 1.54) is 16.8 Å². The monoisotopic (exact) mass is 322 g/mol. The quantitative estimate of drug-likeness (QED) is 0.908. The highest BCUT2D eigenvalue weighted by atomic mass is 79.9. The summed E-state index contributed by atoms with van der Waals surface area (Å²) in [6, 6.07) is 8.73. The lowest BCUT2D eigenvalue weighted by molar-refractivity contribution is -0.116. The number of anilines is 1. The van der Waals surface area contributed by atoms with E-state index >= 15 is 0 Å². The summed E-state index contributed by atoms with van der Waals surface area (Å²) in [6.07, 6.45) is 2.98. The first-order valence-electron chi connectivity index (χ1n) is 5.50. The summed E-state index contributed by atoms with van der Waals surface area (Å²) in [6.45, 7) is 0.0641. The van der Waals surface area contributed by atoms with Crippen LogP contribution in [0, 0.1) is 0 Å². The van der Waals surface area contributed by atoms with Gasteiger partial charge < -0.3 is 15.0 Å². The number of benzene rings is 1. The number of hydrogen-bond acceptors (Lipinski definition) is 2. The van der Waals surface area contributed by atoms with Gasteiger partial charge in [-0.2, -0.15) is 0 Å². The van der Waals surface area contributed by atoms with E-state index in [-0.39, 0.29) is 18.0 Å². The summed E-state index contributed by atoms with van der Waals surface area (Å²) < 4.78 is 2.32. The highest BCUT2D eigenvalue weighted by molar-refractivity contribution is 9.10. The molecule has 1 amide bonds. The predicted molar refractivity (Wildman–Crippen MR) is 74.2 cm³/mol. The minimum absolute atomic E-state index is 0.0641. The van der Waals surface area contributed by atoms with Crippen LogP contribution in [0.4, 0.5) is 5.69 Å². The van der Waals surface area contributed by atoms with Crippen LogP contribution in [0.25, 0.3) is 0 Å². The van der Waals surface area contributed by atoms with Crippen LogP contribution in [-0.4, -0.2) is 21.6 Å². The van der Waals surface area contributed by atoms with Crippen molar-refractivity contribution in [3.05, 3.63) is 52.8 Å². The van der Waals surface area contributed by atoms with Crippen molar-refractivity contribution in [3.8, 4) is 0 Å². The van der Waals surface area contributed by atoms with E-state index in [1.807, 2.05) is 18.2 Å². The van der Waals surface area contributed by atoms with Gasteiger partial charge in [-0.15, -0.1) is 0 Å². The molecule has 5 nitrogen and oxygen atoms in total. The van der Waals surface area contributed by atoms with Crippen molar-refractivity contribution in [1.82, 2.24) is 4.57 Å². The molecule has 2 rings (SSSR count). The molecule has 19 heavy (non-hydrogen) atoms. The molecule has 6 heteroatoms. The molecule has 98 valence electrons. The minimum atomic E-state index is -1.01. The molecular formula is C13H11BrN2O3. The predicted octanol–water partition coefficient (Wildman–Crippen LogP) is 2.59. The summed E-state index contributed by atoms with van der Waals surface area (Å²) in [5.41, 5.74) is 0.840. The van der Waals surface area contributed by atoms with Gasteiger partial charge in [-0.3, -0.25) is 4.79 Å². The number of carboxylic acid groups (broad SMARTS) is 1. The Balaban J connectivity index is 2.01. The maximum absolute atomic E-state index is 11.8. The normalized spacial score (nSPS) is 10.2. The Morgan fingerprint density at radius 3 is 2.63 bits per heavy atom. The van der Waals surface area contributed by atoms with Gasteiger partial charge in [0.2, 0.25) is 5.91 Å². The fraction of sp³-hybridized carbons (Fsp3) is 0.0769. The average molecular weight is 323 g/mol. The van der Waals surface area contributed by atoms with Gasteiger partial charge in [0, 0.05) is 16.9 Å². The third-order valence-electron chi connectivity index (χ3n) is 2.47. The number of amides is 1. The van der Waals surface area contributed by atoms with Crippen LogP contribution in [0.3, 0.4) is 0 Å². The Hall–Kier alpha value is -2.08. The molecule has 0 fully saturated rings. The minimum Gasteiger partial charge on any atom is -0.478 e. The summed E-state index contributed by atoms with van der Waals surface area (Å²) in [5.74, 6) is -1.23. The molecule has 0 aliphatic rings. The average Bonchev–Trinajstić information content (AvgIpc) is 2.80. The van der Waals surface area contributed by atoms with Gasteiger partial charge in [-0.05, 0) is 34.1 Å². The zero-order valence-corrected chi connectivity index (χ0v) is 11.4. The fourth-order valence-electron chi connectivity index (χ4n) is 1.58. The number of nitrogens with one attached hydrogen (secondary N) is 1. The van der Waals surface area contributed by atoms with Crippen LogP contribution in [-0.2, 0) is 11.3 Å². The number of carboxylic acids is 1. The second-order valence-corrected chi connectivity index (χ2v) is 4.76. The highest BCUT2D eigenvalue weighted by Crippen LogP contribution is 2.21. The molecule has 1 aromatic heterocycles. The third kappa shape index (κ3) is 3.45. The largest absolute Gasteiger partial charge is 0.478 e. The number of carbonyl (C=O) groups excluding carboxylic acids is 1. The van der Waals surface area contributed by atoms with Gasteiger partial charge >= 0.3 is 5.97 Å². The van der Waals surface area contributed by atoms with Crippen LogP contribution in [0.1, 0.15) is 10.4 Å². The molecule has 2 N–H and O–H groups in total. The van der Waals surface area contributed by atoms with Crippen LogP contribution in [0.2, 0.25) is 0 Å². The second kappa shape index (κ2) is 5.71. The number of rotatable bonds is 4. The third-order valence-corrected chi connectivity index (χ3v) is 3.16. The Morgan fingerprint density at radius 1 is 1.26 bits per heavy atom. The van der Waals surface area contributed by atoms with Crippen molar-refractivity contribution >= 4 is 33.5 Å². The number of halogens is 1. The van der Waals surface area contributed by atoms with E-state index in [4.69, 9.17) is 5.11 Å². The topological polar surface area (TPSA) is 71.3 Å². The molecule has 2 aromatic rings. The van der Waals surface area contributed by atoms with E-state index in [0.717, 1.165) is 4.47 Å². The summed E-state index contributed by atoms with van der Waals surface area (Å²) >= 11 is 3.33. The van der Waals surface area contributed by atoms with Crippen molar-refractivity contribution in [2.24, 2.45) is 0 Å². The number of para-hydroxylation sites is 1. The van der Waals surface area contributed by atoms with Gasteiger partial charge in [0.1, 0.15) is 6.54 Å². The van der Waals surface area contributed by atoms with E-state index in [9.17, 15) is 9.59 Å². The Kier molecular flexibility index (Phi) is 4.01. The molecule has 0 bridgehead atoms.